The van der Waals surface area contributed by atoms with Crippen LogP contribution in [0.4, 0.5) is 11.6 Å². The number of hydrogen-bond donors (Lipinski definition) is 3. The molecule has 0 aromatic carbocycles. The van der Waals surface area contributed by atoms with Crippen molar-refractivity contribution < 1.29 is 4.21 Å². The zero-order valence-corrected chi connectivity index (χ0v) is 9.67. The van der Waals surface area contributed by atoms with Crippen LogP contribution in [0.15, 0.2) is 18.2 Å². The lowest BCUT2D eigenvalue weighted by molar-refractivity contribution is 0.679. The highest BCUT2D eigenvalue weighted by Crippen LogP contribution is 2.08. The number of anilines is 2. The first kappa shape index (κ1) is 11.9. The third-order valence-electron chi connectivity index (χ3n) is 2.03. The van der Waals surface area contributed by atoms with Crippen molar-refractivity contribution in [3.63, 3.8) is 0 Å². The summed E-state index contributed by atoms with van der Waals surface area (Å²) < 4.78 is 11.1. The number of pyridine rings is 1. The fourth-order valence-corrected chi connectivity index (χ4v) is 1.30. The minimum absolute atomic E-state index is 0.0984. The molecule has 0 saturated heterocycles. The topological polar surface area (TPSA) is 80.0 Å². The molecule has 0 amide bonds. The number of nitrogens with two attached hydrogens (primary N) is 1. The van der Waals surface area contributed by atoms with E-state index in [9.17, 15) is 4.21 Å². The van der Waals surface area contributed by atoms with Gasteiger partial charge in [0.1, 0.15) is 11.6 Å². The van der Waals surface area contributed by atoms with Crippen molar-refractivity contribution in [1.29, 1.82) is 0 Å². The van der Waals surface area contributed by atoms with Crippen LogP contribution in [0.1, 0.15) is 6.92 Å². The van der Waals surface area contributed by atoms with Crippen LogP contribution >= 0.6 is 0 Å². The van der Waals surface area contributed by atoms with Crippen LogP contribution in [0.3, 0.4) is 0 Å². The van der Waals surface area contributed by atoms with Gasteiger partial charge in [0, 0.05) is 28.9 Å². The van der Waals surface area contributed by atoms with E-state index in [1.807, 2.05) is 19.1 Å². The van der Waals surface area contributed by atoms with E-state index in [1.165, 1.54) is 0 Å². The lowest BCUT2D eigenvalue weighted by Gasteiger charge is -2.10. The van der Waals surface area contributed by atoms with Crippen LogP contribution in [0.2, 0.25) is 0 Å². The van der Waals surface area contributed by atoms with Crippen LogP contribution in [-0.2, 0) is 10.8 Å². The molecular formula is C9H16N4OS. The first-order chi connectivity index (χ1) is 7.13. The van der Waals surface area contributed by atoms with E-state index in [0.717, 1.165) is 5.82 Å². The average molecular weight is 228 g/mol. The third-order valence-corrected chi connectivity index (χ3v) is 3.33. The maximum absolute atomic E-state index is 11.1. The van der Waals surface area contributed by atoms with Gasteiger partial charge in [-0.25, -0.2) is 10.8 Å². The molecule has 1 aromatic rings. The molecule has 1 heterocycles. The Bertz CT molecular complexity index is 345. The molecule has 1 rings (SSSR count). The quantitative estimate of drug-likeness (QED) is 0.506. The second kappa shape index (κ2) is 5.67. The van der Waals surface area contributed by atoms with Gasteiger partial charge in [-0.3, -0.25) is 4.21 Å². The molecule has 2 unspecified atom stereocenters. The summed E-state index contributed by atoms with van der Waals surface area (Å²) in [6.45, 7) is 2.55. The number of hydrogen-bond acceptors (Lipinski definition) is 5. The van der Waals surface area contributed by atoms with E-state index in [0.29, 0.717) is 12.4 Å². The molecule has 5 nitrogen and oxygen atoms in total. The zero-order chi connectivity index (χ0) is 11.3. The minimum atomic E-state index is -0.822. The van der Waals surface area contributed by atoms with E-state index >= 15 is 0 Å². The molecule has 0 spiro atoms. The van der Waals surface area contributed by atoms with Crippen LogP contribution in [0.25, 0.3) is 0 Å². The molecule has 4 N–H and O–H groups in total. The van der Waals surface area contributed by atoms with Gasteiger partial charge in [-0.15, -0.1) is 0 Å². The molecule has 15 heavy (non-hydrogen) atoms. The zero-order valence-electron chi connectivity index (χ0n) is 8.86. The number of nitrogen functional groups attached to an aromatic ring is 1. The molecule has 6 heteroatoms. The van der Waals surface area contributed by atoms with Crippen molar-refractivity contribution in [1.82, 2.24) is 4.98 Å². The standard InChI is InChI=1S/C9H16N4OS/c1-7(15(2)14)6-11-8-4-3-5-9(12-8)13-10/h3-5,7H,6,10H2,1-2H3,(H2,11,12,13). The largest absolute Gasteiger partial charge is 0.369 e. The molecule has 0 aliphatic heterocycles. The summed E-state index contributed by atoms with van der Waals surface area (Å²) in [5, 5.41) is 3.20. The van der Waals surface area contributed by atoms with Crippen molar-refractivity contribution in [2.75, 3.05) is 23.5 Å². The summed E-state index contributed by atoms with van der Waals surface area (Å²) >= 11 is 0. The second-order valence-corrected chi connectivity index (χ2v) is 5.04. The van der Waals surface area contributed by atoms with Crippen molar-refractivity contribution in [3.8, 4) is 0 Å². The maximum Gasteiger partial charge on any atom is 0.142 e. The molecule has 2 atom stereocenters. The Kier molecular flexibility index (Phi) is 4.51. The summed E-state index contributed by atoms with van der Waals surface area (Å²) in [5.41, 5.74) is 2.47. The Labute approximate surface area is 91.9 Å². The number of nitrogens with one attached hydrogen (secondary N) is 2. The number of nitrogens with zero attached hydrogens (tertiary/aromatic N) is 1. The van der Waals surface area contributed by atoms with Gasteiger partial charge < -0.3 is 10.7 Å². The number of rotatable bonds is 5. The van der Waals surface area contributed by atoms with Crippen molar-refractivity contribution in [3.05, 3.63) is 18.2 Å². The van der Waals surface area contributed by atoms with E-state index < -0.39 is 10.8 Å². The van der Waals surface area contributed by atoms with Crippen LogP contribution < -0.4 is 16.6 Å². The fraction of sp³-hybridized carbons (Fsp3) is 0.444. The van der Waals surface area contributed by atoms with Gasteiger partial charge in [-0.2, -0.15) is 0 Å². The predicted molar refractivity (Wildman–Crippen MR) is 64.1 cm³/mol. The highest BCUT2D eigenvalue weighted by atomic mass is 32.2. The predicted octanol–water partition coefficient (Wildman–Crippen LogP) is 0.546. The molecule has 0 saturated carbocycles. The molecular weight excluding hydrogens is 212 g/mol. The maximum atomic E-state index is 11.1. The van der Waals surface area contributed by atoms with E-state index in [2.05, 4.69) is 15.7 Å². The highest BCUT2D eigenvalue weighted by Gasteiger charge is 2.05. The minimum Gasteiger partial charge on any atom is -0.369 e. The monoisotopic (exact) mass is 228 g/mol. The summed E-state index contributed by atoms with van der Waals surface area (Å²) in [6.07, 6.45) is 1.69. The Morgan fingerprint density at radius 2 is 2.20 bits per heavy atom. The van der Waals surface area contributed by atoms with Gasteiger partial charge in [0.25, 0.3) is 0 Å². The molecule has 84 valence electrons. The Balaban J connectivity index is 2.53. The first-order valence-electron chi connectivity index (χ1n) is 4.63. The Morgan fingerprint density at radius 1 is 1.53 bits per heavy atom. The van der Waals surface area contributed by atoms with Crippen molar-refractivity contribution in [2.45, 2.75) is 12.2 Å². The molecule has 0 radical (unpaired) electrons. The lowest BCUT2D eigenvalue weighted by atomic mass is 10.4. The number of aromatic nitrogens is 1. The van der Waals surface area contributed by atoms with Crippen LogP contribution in [-0.4, -0.2) is 27.2 Å². The Morgan fingerprint density at radius 3 is 2.80 bits per heavy atom. The van der Waals surface area contributed by atoms with Crippen molar-refractivity contribution in [2.24, 2.45) is 5.84 Å². The third kappa shape index (κ3) is 3.85. The second-order valence-electron chi connectivity index (χ2n) is 3.24. The van der Waals surface area contributed by atoms with Gasteiger partial charge in [0.05, 0.1) is 0 Å². The van der Waals surface area contributed by atoms with Crippen LogP contribution in [0, 0.1) is 0 Å². The summed E-state index contributed by atoms with van der Waals surface area (Å²) in [6, 6.07) is 5.46. The van der Waals surface area contributed by atoms with E-state index in [1.54, 1.807) is 12.3 Å². The first-order valence-corrected chi connectivity index (χ1v) is 6.25. The average Bonchev–Trinajstić information content (AvgIpc) is 2.26. The van der Waals surface area contributed by atoms with Gasteiger partial charge in [0.2, 0.25) is 0 Å². The normalized spacial score (nSPS) is 14.3. The van der Waals surface area contributed by atoms with Crippen molar-refractivity contribution >= 4 is 22.4 Å². The summed E-state index contributed by atoms with van der Waals surface area (Å²) in [4.78, 5) is 4.18. The molecule has 0 aliphatic carbocycles. The highest BCUT2D eigenvalue weighted by molar-refractivity contribution is 7.84. The summed E-state index contributed by atoms with van der Waals surface area (Å²) in [5.74, 6) is 6.56. The van der Waals surface area contributed by atoms with Crippen LogP contribution in [0.5, 0.6) is 0 Å². The van der Waals surface area contributed by atoms with E-state index in [4.69, 9.17) is 5.84 Å². The molecule has 0 fully saturated rings. The SMILES string of the molecule is CC(CNc1cccc(NN)n1)S(C)=O. The van der Waals surface area contributed by atoms with Gasteiger partial charge >= 0.3 is 0 Å². The van der Waals surface area contributed by atoms with E-state index in [-0.39, 0.29) is 5.25 Å². The van der Waals surface area contributed by atoms with Gasteiger partial charge in [-0.05, 0) is 19.1 Å². The molecule has 0 aliphatic rings. The molecule has 0 bridgehead atoms. The lowest BCUT2D eigenvalue weighted by Crippen LogP contribution is -2.21. The fourth-order valence-electron chi connectivity index (χ4n) is 0.979. The molecule has 1 aromatic heterocycles. The van der Waals surface area contributed by atoms with Gasteiger partial charge in [0.15, 0.2) is 0 Å². The smallest absolute Gasteiger partial charge is 0.142 e. The summed E-state index contributed by atoms with van der Waals surface area (Å²) in [7, 11) is -0.822. The van der Waals surface area contributed by atoms with Gasteiger partial charge in [-0.1, -0.05) is 6.07 Å². The number of hydrazine groups is 1. The Hall–Kier alpha value is -1.14.